The second-order valence-corrected chi connectivity index (χ2v) is 4.18. The molecule has 0 amide bonds. The minimum atomic E-state index is -1.62. The number of pyridine rings is 1. The van der Waals surface area contributed by atoms with E-state index in [2.05, 4.69) is 10.3 Å². The van der Waals surface area contributed by atoms with Crippen molar-refractivity contribution in [3.8, 4) is 0 Å². The van der Waals surface area contributed by atoms with E-state index in [4.69, 9.17) is 0 Å². The Hall–Kier alpha value is -1.33. The Balaban J connectivity index is 2.24. The minimum Gasteiger partial charge on any atom is -0.377 e. The van der Waals surface area contributed by atoms with Crippen molar-refractivity contribution in [3.63, 3.8) is 0 Å². The Bertz CT molecular complexity index is 390. The Morgan fingerprint density at radius 3 is 1.94 bits per heavy atom. The normalized spacial score (nSPS) is 17.2. The van der Waals surface area contributed by atoms with Gasteiger partial charge in [-0.25, -0.2) is 0 Å². The summed E-state index contributed by atoms with van der Waals surface area (Å²) in [5, 5.41) is 2.53. The molecule has 1 heterocycles. The van der Waals surface area contributed by atoms with Crippen molar-refractivity contribution < 1.29 is 17.6 Å². The van der Waals surface area contributed by atoms with E-state index >= 15 is 0 Å². The quantitative estimate of drug-likeness (QED) is 0.641. The molecule has 1 aliphatic carbocycles. The lowest BCUT2D eigenvalue weighted by Gasteiger charge is -2.24. The zero-order valence-corrected chi connectivity index (χ0v) is 9.07. The number of halogens is 4. The van der Waals surface area contributed by atoms with Gasteiger partial charge in [0.2, 0.25) is 11.6 Å². The van der Waals surface area contributed by atoms with E-state index < -0.39 is 29.2 Å². The molecule has 1 saturated carbocycles. The topological polar surface area (TPSA) is 24.9 Å². The van der Waals surface area contributed by atoms with Crippen LogP contribution in [0, 0.1) is 23.5 Å². The molecule has 1 aliphatic rings. The largest absolute Gasteiger partial charge is 0.377 e. The molecule has 1 aromatic rings. The maximum atomic E-state index is 13.3. The number of hydrogen-bond acceptors (Lipinski definition) is 2. The lowest BCUT2D eigenvalue weighted by molar-refractivity contribution is 0.404. The van der Waals surface area contributed by atoms with Gasteiger partial charge in [-0.15, -0.1) is 0 Å². The molecule has 0 aliphatic heterocycles. The molecule has 0 radical (unpaired) electrons. The van der Waals surface area contributed by atoms with Crippen molar-refractivity contribution in [2.24, 2.45) is 0 Å². The van der Waals surface area contributed by atoms with Crippen molar-refractivity contribution in [2.45, 2.75) is 38.1 Å². The van der Waals surface area contributed by atoms with Gasteiger partial charge in [-0.3, -0.25) is 0 Å². The number of hydrogen-bond donors (Lipinski definition) is 1. The molecule has 0 saturated heterocycles. The Morgan fingerprint density at radius 2 is 1.41 bits per heavy atom. The third-order valence-corrected chi connectivity index (χ3v) is 2.95. The van der Waals surface area contributed by atoms with Crippen molar-refractivity contribution in [1.82, 2.24) is 4.98 Å². The summed E-state index contributed by atoms with van der Waals surface area (Å²) >= 11 is 0. The van der Waals surface area contributed by atoms with Gasteiger partial charge in [0.05, 0.1) is 0 Å². The van der Waals surface area contributed by atoms with Crippen LogP contribution in [0.5, 0.6) is 0 Å². The second-order valence-electron chi connectivity index (χ2n) is 4.18. The van der Waals surface area contributed by atoms with Crippen LogP contribution in [-0.2, 0) is 0 Å². The zero-order chi connectivity index (χ0) is 12.4. The summed E-state index contributed by atoms with van der Waals surface area (Å²) in [4.78, 5) is 2.50. The molecule has 2 nitrogen and oxygen atoms in total. The fourth-order valence-corrected chi connectivity index (χ4v) is 2.06. The van der Waals surface area contributed by atoms with Crippen molar-refractivity contribution in [2.75, 3.05) is 5.32 Å². The molecule has 0 unspecified atom stereocenters. The second kappa shape index (κ2) is 4.89. The molecule has 1 aromatic heterocycles. The van der Waals surface area contributed by atoms with Crippen LogP contribution in [0.1, 0.15) is 32.1 Å². The van der Waals surface area contributed by atoms with Crippen molar-refractivity contribution in [3.05, 3.63) is 23.5 Å². The first kappa shape index (κ1) is 12.1. The number of aromatic nitrogens is 1. The molecule has 0 aromatic carbocycles. The highest BCUT2D eigenvalue weighted by atomic mass is 19.2. The molecule has 17 heavy (non-hydrogen) atoms. The first-order valence-electron chi connectivity index (χ1n) is 5.56. The van der Waals surface area contributed by atoms with E-state index in [0.29, 0.717) is 0 Å². The maximum Gasteiger partial charge on any atom is 0.253 e. The Labute approximate surface area is 96.0 Å². The van der Waals surface area contributed by atoms with Gasteiger partial charge in [-0.2, -0.15) is 22.5 Å². The minimum absolute atomic E-state index is 0.144. The van der Waals surface area contributed by atoms with Gasteiger partial charge in [0, 0.05) is 6.04 Å². The van der Waals surface area contributed by atoms with Crippen LogP contribution >= 0.6 is 0 Å². The number of nitrogens with one attached hydrogen (secondary N) is 1. The molecule has 6 heteroatoms. The molecule has 0 atom stereocenters. The first-order chi connectivity index (χ1) is 8.09. The van der Waals surface area contributed by atoms with E-state index in [0.717, 1.165) is 32.1 Å². The SMILES string of the molecule is Fc1nc(F)c(F)c(NC2CCCCC2)c1F. The van der Waals surface area contributed by atoms with Crippen LogP contribution < -0.4 is 5.32 Å². The summed E-state index contributed by atoms with van der Waals surface area (Å²) in [7, 11) is 0. The van der Waals surface area contributed by atoms with E-state index in [9.17, 15) is 17.6 Å². The highest BCUT2D eigenvalue weighted by Gasteiger charge is 2.23. The summed E-state index contributed by atoms with van der Waals surface area (Å²) in [5.41, 5.74) is -0.748. The molecule has 2 rings (SSSR count). The summed E-state index contributed by atoms with van der Waals surface area (Å²) < 4.78 is 52.3. The molecular weight excluding hydrogens is 236 g/mol. The Morgan fingerprint density at radius 1 is 0.882 bits per heavy atom. The van der Waals surface area contributed by atoms with Crippen molar-refractivity contribution >= 4 is 5.69 Å². The summed E-state index contributed by atoms with van der Waals surface area (Å²) in [6.45, 7) is 0. The van der Waals surface area contributed by atoms with E-state index in [1.807, 2.05) is 0 Å². The fourth-order valence-electron chi connectivity index (χ4n) is 2.06. The highest BCUT2D eigenvalue weighted by Crippen LogP contribution is 2.26. The maximum absolute atomic E-state index is 13.3. The average molecular weight is 248 g/mol. The number of rotatable bonds is 2. The van der Waals surface area contributed by atoms with Crippen LogP contribution in [0.4, 0.5) is 23.2 Å². The number of anilines is 1. The molecule has 1 fully saturated rings. The van der Waals surface area contributed by atoms with E-state index in [1.54, 1.807) is 0 Å². The predicted molar refractivity (Wildman–Crippen MR) is 54.6 cm³/mol. The first-order valence-corrected chi connectivity index (χ1v) is 5.56. The van der Waals surface area contributed by atoms with Gasteiger partial charge in [-0.05, 0) is 12.8 Å². The molecule has 0 spiro atoms. The lowest BCUT2D eigenvalue weighted by atomic mass is 9.95. The van der Waals surface area contributed by atoms with Crippen molar-refractivity contribution in [1.29, 1.82) is 0 Å². The van der Waals surface area contributed by atoms with Gasteiger partial charge in [-0.1, -0.05) is 19.3 Å². The highest BCUT2D eigenvalue weighted by molar-refractivity contribution is 5.46. The van der Waals surface area contributed by atoms with Gasteiger partial charge in [0.15, 0.2) is 0 Å². The van der Waals surface area contributed by atoms with E-state index in [1.165, 1.54) is 0 Å². The summed E-state index contributed by atoms with van der Waals surface area (Å²) in [5.74, 6) is -6.17. The van der Waals surface area contributed by atoms with Crippen LogP contribution in [0.15, 0.2) is 0 Å². The van der Waals surface area contributed by atoms with Gasteiger partial charge in [0.25, 0.3) is 11.9 Å². The predicted octanol–water partition coefficient (Wildman–Crippen LogP) is 3.38. The van der Waals surface area contributed by atoms with Gasteiger partial charge in [0.1, 0.15) is 5.69 Å². The number of nitrogens with zero attached hydrogens (tertiary/aromatic N) is 1. The third kappa shape index (κ3) is 2.50. The van der Waals surface area contributed by atoms with Crippen LogP contribution in [0.25, 0.3) is 0 Å². The third-order valence-electron chi connectivity index (χ3n) is 2.95. The van der Waals surface area contributed by atoms with Crippen LogP contribution in [-0.4, -0.2) is 11.0 Å². The standard InChI is InChI=1S/C11H12F4N2/c12-7-9(8(13)11(15)17-10(7)14)16-6-4-2-1-3-5-6/h6H,1-5H2,(H,16,17). The zero-order valence-electron chi connectivity index (χ0n) is 9.07. The van der Waals surface area contributed by atoms with Crippen LogP contribution in [0.2, 0.25) is 0 Å². The van der Waals surface area contributed by atoms with E-state index in [-0.39, 0.29) is 6.04 Å². The lowest BCUT2D eigenvalue weighted by Crippen LogP contribution is -2.24. The Kier molecular flexibility index (Phi) is 3.49. The molecule has 1 N–H and O–H groups in total. The monoisotopic (exact) mass is 248 g/mol. The molecule has 94 valence electrons. The summed E-state index contributed by atoms with van der Waals surface area (Å²) in [6, 6.07) is -0.144. The molecule has 0 bridgehead atoms. The van der Waals surface area contributed by atoms with Gasteiger partial charge >= 0.3 is 0 Å². The van der Waals surface area contributed by atoms with Crippen LogP contribution in [0.3, 0.4) is 0 Å². The smallest absolute Gasteiger partial charge is 0.253 e. The molecular formula is C11H12F4N2. The summed E-state index contributed by atoms with van der Waals surface area (Å²) in [6.07, 6.45) is 4.44. The van der Waals surface area contributed by atoms with Gasteiger partial charge < -0.3 is 5.32 Å². The fraction of sp³-hybridized carbons (Fsp3) is 0.545. The average Bonchev–Trinajstić information content (AvgIpc) is 2.33.